The molecule has 0 unspecified atom stereocenters. The second-order valence-electron chi connectivity index (χ2n) is 4.94. The van der Waals surface area contributed by atoms with Crippen LogP contribution in [0.2, 0.25) is 0 Å². The quantitative estimate of drug-likeness (QED) is 0.870. The van der Waals surface area contributed by atoms with Gasteiger partial charge in [-0.2, -0.15) is 13.2 Å². The van der Waals surface area contributed by atoms with Crippen LogP contribution in [-0.2, 0) is 6.18 Å². The second-order valence-corrected chi connectivity index (χ2v) is 4.94. The Bertz CT molecular complexity index is 516. The third kappa shape index (κ3) is 3.04. The molecule has 1 aliphatic heterocycles. The number of hydrogen-bond acceptors (Lipinski definition) is 3. The first-order chi connectivity index (χ1) is 9.29. The lowest BCUT2D eigenvalue weighted by atomic mass is 10.0. The number of hydrogen-bond donors (Lipinski definition) is 2. The maximum atomic E-state index is 13.0. The van der Waals surface area contributed by atoms with Gasteiger partial charge in [0.05, 0.1) is 11.1 Å². The molecule has 4 nitrogen and oxygen atoms in total. The van der Waals surface area contributed by atoms with Crippen LogP contribution in [0.3, 0.4) is 0 Å². The number of carbonyl (C=O) groups is 1. The molecule has 7 heteroatoms. The van der Waals surface area contributed by atoms with Crippen LogP contribution in [0, 0.1) is 0 Å². The van der Waals surface area contributed by atoms with E-state index < -0.39 is 23.2 Å². The van der Waals surface area contributed by atoms with Crippen molar-refractivity contribution in [3.8, 4) is 0 Å². The van der Waals surface area contributed by atoms with Gasteiger partial charge in [0.2, 0.25) is 5.91 Å². The van der Waals surface area contributed by atoms with Crippen LogP contribution < -0.4 is 16.4 Å². The summed E-state index contributed by atoms with van der Waals surface area (Å²) in [7, 11) is 0. The Morgan fingerprint density at radius 2 is 2.05 bits per heavy atom. The summed E-state index contributed by atoms with van der Waals surface area (Å²) in [5.41, 5.74) is 9.72. The van der Waals surface area contributed by atoms with Crippen molar-refractivity contribution in [2.45, 2.75) is 25.1 Å². The van der Waals surface area contributed by atoms with Crippen molar-refractivity contribution in [2.75, 3.05) is 18.0 Å². The van der Waals surface area contributed by atoms with Crippen LogP contribution in [0.15, 0.2) is 18.2 Å². The number of amides is 1. The van der Waals surface area contributed by atoms with Crippen LogP contribution in [0.1, 0.15) is 28.8 Å². The number of nitrogens with two attached hydrogens (primary N) is 2. The minimum absolute atomic E-state index is 0.0473. The van der Waals surface area contributed by atoms with Crippen LogP contribution in [0.25, 0.3) is 0 Å². The van der Waals surface area contributed by atoms with E-state index in [2.05, 4.69) is 0 Å². The lowest BCUT2D eigenvalue weighted by molar-refractivity contribution is -0.137. The Kier molecular flexibility index (Phi) is 3.89. The highest BCUT2D eigenvalue weighted by Crippen LogP contribution is 2.35. The number of piperidine rings is 1. The lowest BCUT2D eigenvalue weighted by Gasteiger charge is -2.33. The van der Waals surface area contributed by atoms with Crippen LogP contribution in [-0.4, -0.2) is 25.0 Å². The Morgan fingerprint density at radius 1 is 1.35 bits per heavy atom. The first-order valence-corrected chi connectivity index (χ1v) is 6.30. The van der Waals surface area contributed by atoms with Crippen molar-refractivity contribution in [1.29, 1.82) is 0 Å². The molecule has 1 heterocycles. The van der Waals surface area contributed by atoms with Crippen LogP contribution >= 0.6 is 0 Å². The highest BCUT2D eigenvalue weighted by atomic mass is 19.4. The molecule has 1 aromatic carbocycles. The van der Waals surface area contributed by atoms with Gasteiger partial charge in [-0.05, 0) is 31.0 Å². The number of rotatable bonds is 2. The normalized spacial score (nSPS) is 20.0. The fourth-order valence-corrected chi connectivity index (χ4v) is 2.42. The van der Waals surface area contributed by atoms with E-state index in [1.54, 1.807) is 4.90 Å². The molecule has 1 aromatic rings. The minimum Gasteiger partial charge on any atom is -0.370 e. The summed E-state index contributed by atoms with van der Waals surface area (Å²) in [4.78, 5) is 12.9. The van der Waals surface area contributed by atoms with Gasteiger partial charge in [0, 0.05) is 24.8 Å². The Labute approximate surface area is 114 Å². The van der Waals surface area contributed by atoms with Gasteiger partial charge in [0.1, 0.15) is 0 Å². The summed E-state index contributed by atoms with van der Waals surface area (Å²) in [5.74, 6) is -1.08. The smallest absolute Gasteiger partial charge is 0.370 e. The van der Waals surface area contributed by atoms with E-state index in [1.807, 2.05) is 0 Å². The van der Waals surface area contributed by atoms with Gasteiger partial charge in [-0.15, -0.1) is 0 Å². The highest BCUT2D eigenvalue weighted by molar-refractivity contribution is 5.95. The number of halogens is 3. The van der Waals surface area contributed by atoms with Crippen molar-refractivity contribution in [1.82, 2.24) is 0 Å². The summed E-state index contributed by atoms with van der Waals surface area (Å²) >= 11 is 0. The second kappa shape index (κ2) is 5.32. The van der Waals surface area contributed by atoms with E-state index in [9.17, 15) is 18.0 Å². The van der Waals surface area contributed by atoms with E-state index in [0.717, 1.165) is 25.0 Å². The van der Waals surface area contributed by atoms with Gasteiger partial charge < -0.3 is 16.4 Å². The van der Waals surface area contributed by atoms with E-state index in [-0.39, 0.29) is 6.04 Å². The van der Waals surface area contributed by atoms with Gasteiger partial charge in [0.15, 0.2) is 0 Å². The number of benzene rings is 1. The van der Waals surface area contributed by atoms with E-state index >= 15 is 0 Å². The van der Waals surface area contributed by atoms with Crippen molar-refractivity contribution in [3.05, 3.63) is 29.3 Å². The largest absolute Gasteiger partial charge is 0.417 e. The molecule has 0 saturated carbocycles. The molecule has 0 radical (unpaired) electrons. The molecule has 4 N–H and O–H groups in total. The fraction of sp³-hybridized carbons (Fsp3) is 0.462. The summed E-state index contributed by atoms with van der Waals surface area (Å²) in [6, 6.07) is 3.53. The van der Waals surface area contributed by atoms with Gasteiger partial charge in [0.25, 0.3) is 0 Å². The zero-order valence-electron chi connectivity index (χ0n) is 10.8. The Hall–Kier alpha value is -1.76. The molecule has 1 fully saturated rings. The standard InChI is InChI=1S/C13H16F3N3O/c14-13(15,16)11-6-9(3-4-10(11)12(18)20)19-5-1-2-8(17)7-19/h3-4,6,8H,1-2,5,7,17H2,(H2,18,20)/t8-/m1/s1. The number of alkyl halides is 3. The van der Waals surface area contributed by atoms with Gasteiger partial charge in [-0.25, -0.2) is 0 Å². The third-order valence-corrected chi connectivity index (χ3v) is 3.40. The maximum absolute atomic E-state index is 13.0. The molecule has 1 atom stereocenters. The van der Waals surface area contributed by atoms with Crippen LogP contribution in [0.5, 0.6) is 0 Å². The number of carbonyl (C=O) groups excluding carboxylic acids is 1. The molecular formula is C13H16F3N3O. The molecule has 1 amide bonds. The van der Waals surface area contributed by atoms with Gasteiger partial charge >= 0.3 is 6.18 Å². The summed E-state index contributed by atoms with van der Waals surface area (Å²) in [6.45, 7) is 1.16. The Morgan fingerprint density at radius 3 is 2.60 bits per heavy atom. The Balaban J connectivity index is 2.39. The van der Waals surface area contributed by atoms with Crippen molar-refractivity contribution in [3.63, 3.8) is 0 Å². The number of nitrogens with zero attached hydrogens (tertiary/aromatic N) is 1. The summed E-state index contributed by atoms with van der Waals surface area (Å²) in [5, 5.41) is 0. The van der Waals surface area contributed by atoms with Gasteiger partial charge in [-0.3, -0.25) is 4.79 Å². The monoisotopic (exact) mass is 287 g/mol. The number of anilines is 1. The molecule has 0 spiro atoms. The highest BCUT2D eigenvalue weighted by Gasteiger charge is 2.35. The molecule has 0 aromatic heterocycles. The van der Waals surface area contributed by atoms with Crippen LogP contribution in [0.4, 0.5) is 18.9 Å². The van der Waals surface area contributed by atoms with Gasteiger partial charge in [-0.1, -0.05) is 0 Å². The molecule has 1 saturated heterocycles. The molecule has 20 heavy (non-hydrogen) atoms. The SMILES string of the molecule is NC(=O)c1ccc(N2CCC[C@@H](N)C2)cc1C(F)(F)F. The van der Waals surface area contributed by atoms with Crippen molar-refractivity contribution < 1.29 is 18.0 Å². The molecular weight excluding hydrogens is 271 g/mol. The average Bonchev–Trinajstić information content (AvgIpc) is 2.37. The first kappa shape index (κ1) is 14.6. The maximum Gasteiger partial charge on any atom is 0.417 e. The topological polar surface area (TPSA) is 72.4 Å². The lowest BCUT2D eigenvalue weighted by Crippen LogP contribution is -2.43. The fourth-order valence-electron chi connectivity index (χ4n) is 2.42. The zero-order valence-corrected chi connectivity index (χ0v) is 10.8. The molecule has 0 bridgehead atoms. The third-order valence-electron chi connectivity index (χ3n) is 3.40. The van der Waals surface area contributed by atoms with E-state index in [0.29, 0.717) is 18.8 Å². The van der Waals surface area contributed by atoms with Crippen molar-refractivity contribution >= 4 is 11.6 Å². The average molecular weight is 287 g/mol. The molecule has 1 aliphatic rings. The predicted octanol–water partition coefficient (Wildman–Crippen LogP) is 1.73. The molecule has 110 valence electrons. The van der Waals surface area contributed by atoms with Crippen molar-refractivity contribution in [2.24, 2.45) is 11.5 Å². The number of primary amides is 1. The minimum atomic E-state index is -4.61. The zero-order chi connectivity index (χ0) is 14.9. The molecule has 0 aliphatic carbocycles. The summed E-state index contributed by atoms with van der Waals surface area (Å²) in [6.07, 6.45) is -2.92. The first-order valence-electron chi connectivity index (χ1n) is 6.30. The molecule has 2 rings (SSSR count). The summed E-state index contributed by atoms with van der Waals surface area (Å²) < 4.78 is 38.9. The van der Waals surface area contributed by atoms with E-state index in [4.69, 9.17) is 11.5 Å². The predicted molar refractivity (Wildman–Crippen MR) is 69.4 cm³/mol. The van der Waals surface area contributed by atoms with E-state index in [1.165, 1.54) is 6.07 Å².